The third kappa shape index (κ3) is 1.40. The van der Waals surface area contributed by atoms with Crippen molar-refractivity contribution in [3.05, 3.63) is 29.3 Å². The zero-order valence-corrected chi connectivity index (χ0v) is 8.47. The van der Waals surface area contributed by atoms with Gasteiger partial charge in [-0.15, -0.1) is 0 Å². The lowest BCUT2D eigenvalue weighted by Crippen LogP contribution is -2.23. The molecule has 1 heterocycles. The van der Waals surface area contributed by atoms with E-state index in [1.807, 2.05) is 13.8 Å². The fourth-order valence-electron chi connectivity index (χ4n) is 1.61. The standard InChI is InChI=1S/C11H11F2NO.H2/c1-6(2)7-3-4-9-8(5-7)11(12,13)10(15)14-9;/h3-6H,1-2H3,(H,14,15);1H. The quantitative estimate of drug-likeness (QED) is 0.763. The predicted molar refractivity (Wildman–Crippen MR) is 55.2 cm³/mol. The van der Waals surface area contributed by atoms with Gasteiger partial charge in [0.15, 0.2) is 0 Å². The van der Waals surface area contributed by atoms with Crippen molar-refractivity contribution in [2.24, 2.45) is 0 Å². The van der Waals surface area contributed by atoms with E-state index in [9.17, 15) is 13.6 Å². The highest BCUT2D eigenvalue weighted by atomic mass is 19.3. The summed E-state index contributed by atoms with van der Waals surface area (Å²) in [6.45, 7) is 3.84. The van der Waals surface area contributed by atoms with Gasteiger partial charge in [0, 0.05) is 1.43 Å². The second kappa shape index (κ2) is 3.02. The molecule has 82 valence electrons. The number of nitrogens with one attached hydrogen (secondary N) is 1. The average Bonchev–Trinajstić information content (AvgIpc) is 2.38. The highest BCUT2D eigenvalue weighted by Crippen LogP contribution is 2.41. The Morgan fingerprint density at radius 1 is 1.40 bits per heavy atom. The monoisotopic (exact) mass is 213 g/mol. The van der Waals surface area contributed by atoms with Gasteiger partial charge in [-0.05, 0) is 23.6 Å². The first-order valence-electron chi connectivity index (χ1n) is 4.76. The highest BCUT2D eigenvalue weighted by Gasteiger charge is 2.48. The third-order valence-electron chi connectivity index (χ3n) is 2.58. The number of anilines is 1. The van der Waals surface area contributed by atoms with Gasteiger partial charge in [-0.25, -0.2) is 0 Å². The summed E-state index contributed by atoms with van der Waals surface area (Å²) in [4.78, 5) is 11.0. The van der Waals surface area contributed by atoms with Crippen LogP contribution in [-0.2, 0) is 10.7 Å². The fourth-order valence-corrected chi connectivity index (χ4v) is 1.61. The molecule has 1 aliphatic heterocycles. The Hall–Kier alpha value is -1.45. The molecule has 4 heteroatoms. The van der Waals surface area contributed by atoms with Crippen LogP contribution in [0.3, 0.4) is 0 Å². The highest BCUT2D eigenvalue weighted by molar-refractivity contribution is 6.03. The van der Waals surface area contributed by atoms with E-state index in [0.29, 0.717) is 0 Å². The van der Waals surface area contributed by atoms with Gasteiger partial charge in [0.05, 0.1) is 11.3 Å². The Kier molecular flexibility index (Phi) is 2.03. The molecular weight excluding hydrogens is 200 g/mol. The molecule has 0 saturated carbocycles. The second-order valence-corrected chi connectivity index (χ2v) is 3.99. The van der Waals surface area contributed by atoms with Crippen molar-refractivity contribution in [1.82, 2.24) is 0 Å². The molecule has 0 unspecified atom stereocenters. The second-order valence-electron chi connectivity index (χ2n) is 3.99. The summed E-state index contributed by atoms with van der Waals surface area (Å²) in [6.07, 6.45) is 0. The summed E-state index contributed by atoms with van der Waals surface area (Å²) < 4.78 is 26.7. The molecule has 0 bridgehead atoms. The van der Waals surface area contributed by atoms with E-state index >= 15 is 0 Å². The molecule has 0 atom stereocenters. The van der Waals surface area contributed by atoms with E-state index < -0.39 is 11.8 Å². The minimum absolute atomic E-state index is 0. The fraction of sp³-hybridized carbons (Fsp3) is 0.364. The molecule has 2 nitrogen and oxygen atoms in total. The van der Waals surface area contributed by atoms with E-state index in [2.05, 4.69) is 5.32 Å². The number of fused-ring (bicyclic) bond motifs is 1. The SMILES string of the molecule is CC(C)c1ccc2c(c1)C(F)(F)C(=O)N2.[HH]. The zero-order chi connectivity index (χ0) is 11.2. The van der Waals surface area contributed by atoms with Crippen LogP contribution in [0, 0.1) is 0 Å². The molecule has 0 aliphatic carbocycles. The van der Waals surface area contributed by atoms with Crippen molar-refractivity contribution in [3.63, 3.8) is 0 Å². The Labute approximate surface area is 87.8 Å². The Balaban J connectivity index is 0.00000128. The van der Waals surface area contributed by atoms with Gasteiger partial charge in [-0.1, -0.05) is 19.9 Å². The number of carbonyl (C=O) groups is 1. The summed E-state index contributed by atoms with van der Waals surface area (Å²) in [7, 11) is 0. The van der Waals surface area contributed by atoms with Crippen LogP contribution in [0.1, 0.15) is 32.3 Å². The molecule has 0 radical (unpaired) electrons. The lowest BCUT2D eigenvalue weighted by atomic mass is 9.98. The van der Waals surface area contributed by atoms with E-state index in [-0.39, 0.29) is 18.6 Å². The number of hydrogen-bond acceptors (Lipinski definition) is 1. The Morgan fingerprint density at radius 3 is 2.67 bits per heavy atom. The molecule has 0 fully saturated rings. The van der Waals surface area contributed by atoms with Crippen LogP contribution in [0.15, 0.2) is 18.2 Å². The molecule has 1 amide bonds. The molecule has 15 heavy (non-hydrogen) atoms. The van der Waals surface area contributed by atoms with Gasteiger partial charge in [0.1, 0.15) is 0 Å². The van der Waals surface area contributed by atoms with E-state index in [1.165, 1.54) is 12.1 Å². The van der Waals surface area contributed by atoms with Crippen LogP contribution >= 0.6 is 0 Å². The van der Waals surface area contributed by atoms with Crippen LogP contribution in [0.25, 0.3) is 0 Å². The number of halogens is 2. The zero-order valence-electron chi connectivity index (χ0n) is 8.47. The molecule has 0 aromatic heterocycles. The van der Waals surface area contributed by atoms with E-state index in [4.69, 9.17) is 0 Å². The lowest BCUT2D eigenvalue weighted by molar-refractivity contribution is -0.139. The largest absolute Gasteiger partial charge is 0.352 e. The maximum absolute atomic E-state index is 13.4. The predicted octanol–water partition coefficient (Wildman–Crippen LogP) is 3.10. The number of hydrogen-bond donors (Lipinski definition) is 1. The molecule has 1 aliphatic rings. The van der Waals surface area contributed by atoms with Crippen LogP contribution in [0.5, 0.6) is 0 Å². The molecule has 0 saturated heterocycles. The van der Waals surface area contributed by atoms with Crippen molar-refractivity contribution < 1.29 is 15.0 Å². The minimum atomic E-state index is -3.39. The minimum Gasteiger partial charge on any atom is -0.320 e. The first-order chi connectivity index (χ1) is 6.93. The first kappa shape index (κ1) is 10.1. The van der Waals surface area contributed by atoms with Gasteiger partial charge in [0.25, 0.3) is 5.91 Å². The molecule has 2 rings (SSSR count). The van der Waals surface area contributed by atoms with Gasteiger partial charge in [0.2, 0.25) is 0 Å². The summed E-state index contributed by atoms with van der Waals surface area (Å²) in [5.41, 5.74) is 0.818. The van der Waals surface area contributed by atoms with Crippen LogP contribution in [-0.4, -0.2) is 5.91 Å². The molecule has 1 aromatic carbocycles. The van der Waals surface area contributed by atoms with Gasteiger partial charge in [-0.2, -0.15) is 8.78 Å². The van der Waals surface area contributed by atoms with E-state index in [1.54, 1.807) is 6.07 Å². The lowest BCUT2D eigenvalue weighted by Gasteiger charge is -2.10. The van der Waals surface area contributed by atoms with Gasteiger partial charge in [-0.3, -0.25) is 4.79 Å². The summed E-state index contributed by atoms with van der Waals surface area (Å²) in [5.74, 6) is -4.46. The van der Waals surface area contributed by atoms with Crippen LogP contribution in [0.4, 0.5) is 14.5 Å². The number of amides is 1. The normalized spacial score (nSPS) is 17.8. The number of benzene rings is 1. The van der Waals surface area contributed by atoms with Crippen molar-refractivity contribution in [1.29, 1.82) is 0 Å². The summed E-state index contributed by atoms with van der Waals surface area (Å²) >= 11 is 0. The van der Waals surface area contributed by atoms with Crippen molar-refractivity contribution >= 4 is 11.6 Å². The number of rotatable bonds is 1. The maximum Gasteiger partial charge on any atom is 0.352 e. The Bertz CT molecular complexity index is 432. The molecular formula is C11H13F2NO. The van der Waals surface area contributed by atoms with Crippen molar-refractivity contribution in [3.8, 4) is 0 Å². The first-order valence-corrected chi connectivity index (χ1v) is 4.76. The van der Waals surface area contributed by atoms with Crippen molar-refractivity contribution in [2.75, 3.05) is 5.32 Å². The van der Waals surface area contributed by atoms with Crippen LogP contribution in [0.2, 0.25) is 0 Å². The smallest absolute Gasteiger partial charge is 0.320 e. The number of alkyl halides is 2. The molecule has 0 spiro atoms. The molecule has 1 N–H and O–H groups in total. The third-order valence-corrected chi connectivity index (χ3v) is 2.58. The van der Waals surface area contributed by atoms with Gasteiger partial charge >= 0.3 is 5.92 Å². The average molecular weight is 213 g/mol. The van der Waals surface area contributed by atoms with Crippen LogP contribution < -0.4 is 5.32 Å². The Morgan fingerprint density at radius 2 is 2.07 bits per heavy atom. The summed E-state index contributed by atoms with van der Waals surface area (Å²) in [6, 6.07) is 4.69. The topological polar surface area (TPSA) is 29.1 Å². The molecule has 1 aromatic rings. The van der Waals surface area contributed by atoms with Gasteiger partial charge < -0.3 is 5.32 Å². The van der Waals surface area contributed by atoms with E-state index in [0.717, 1.165) is 5.56 Å². The number of carbonyl (C=O) groups excluding carboxylic acids is 1. The van der Waals surface area contributed by atoms with Crippen molar-refractivity contribution in [2.45, 2.75) is 25.7 Å². The summed E-state index contributed by atoms with van der Waals surface area (Å²) in [5, 5.41) is 2.16. The maximum atomic E-state index is 13.4.